The summed E-state index contributed by atoms with van der Waals surface area (Å²) < 4.78 is 23.9. The Morgan fingerprint density at radius 2 is 1.75 bits per heavy atom. The topological polar surface area (TPSA) is 172 Å². The number of carbonyl (C=O) groups is 1. The van der Waals surface area contributed by atoms with E-state index in [1.165, 1.54) is 24.3 Å². The number of fused-ring (bicyclic) bond motifs is 1. The van der Waals surface area contributed by atoms with Gasteiger partial charge in [0.15, 0.2) is 0 Å². The van der Waals surface area contributed by atoms with Gasteiger partial charge in [-0.3, -0.25) is 9.78 Å². The van der Waals surface area contributed by atoms with Crippen molar-refractivity contribution in [2.75, 3.05) is 5.32 Å². The molecule has 1 heterocycles. The predicted octanol–water partition coefficient (Wildman–Crippen LogP) is 1.34. The molecule has 2 atom stereocenters. The minimum Gasteiger partial charge on any atom is -0.390 e. The molecule has 1 aromatic heterocycles. The quantitative estimate of drug-likeness (QED) is 0.262. The molecule has 0 aliphatic heterocycles. The molecule has 12 heteroatoms. The summed E-state index contributed by atoms with van der Waals surface area (Å²) in [6, 6.07) is 19.1. The number of nitrogens with zero attached hydrogens (tertiary/aromatic N) is 2. The van der Waals surface area contributed by atoms with E-state index in [2.05, 4.69) is 20.7 Å². The number of nitrogens with two attached hydrogens (primary N) is 1. The summed E-state index contributed by atoms with van der Waals surface area (Å²) in [6.45, 7) is 0. The van der Waals surface area contributed by atoms with E-state index in [0.717, 1.165) is 15.8 Å². The number of nitrogens with one attached hydrogen (secondary N) is 3. The zero-order valence-corrected chi connectivity index (χ0v) is 19.6. The molecule has 1 aliphatic carbocycles. The van der Waals surface area contributed by atoms with Crippen molar-refractivity contribution in [3.63, 3.8) is 0 Å². The predicted molar refractivity (Wildman–Crippen MR) is 132 cm³/mol. The maximum atomic E-state index is 12.8. The fourth-order valence-corrected chi connectivity index (χ4v) is 4.66. The molecule has 1 amide bonds. The molecule has 0 bridgehead atoms. The number of sulfonamides is 1. The molecule has 0 spiro atoms. The number of H-pyrrole nitrogens is 1. The SMILES string of the molecule is NS(=O)(=O)c1ccc(-n2nc(Nc3ccc(C(=O)N[C@@H]4c5ccccc5C[C@@H]4O)cc3)[nH]c2=O)cc1. The lowest BCUT2D eigenvalue weighted by atomic mass is 10.1. The average Bonchev–Trinajstić information content (AvgIpc) is 3.37. The van der Waals surface area contributed by atoms with E-state index < -0.39 is 27.9 Å². The van der Waals surface area contributed by atoms with Crippen LogP contribution in [0.1, 0.15) is 27.5 Å². The monoisotopic (exact) mass is 506 g/mol. The molecule has 1 aliphatic rings. The molecular weight excluding hydrogens is 484 g/mol. The van der Waals surface area contributed by atoms with Crippen LogP contribution < -0.4 is 21.5 Å². The zero-order chi connectivity index (χ0) is 25.4. The van der Waals surface area contributed by atoms with Crippen molar-refractivity contribution < 1.29 is 18.3 Å². The highest BCUT2D eigenvalue weighted by Gasteiger charge is 2.32. The number of hydrogen-bond donors (Lipinski definition) is 5. The van der Waals surface area contributed by atoms with Crippen LogP contribution >= 0.6 is 0 Å². The number of primary sulfonamides is 1. The Hall–Kier alpha value is -4.26. The summed E-state index contributed by atoms with van der Waals surface area (Å²) >= 11 is 0. The molecule has 0 unspecified atom stereocenters. The standard InChI is InChI=1S/C24H22N6O5S/c25-36(34,35)18-11-9-17(10-12-18)30-24(33)28-23(29-30)26-16-7-5-14(6-8-16)22(32)27-21-19-4-2-1-3-15(19)13-20(21)31/h1-12,20-21,31H,13H2,(H,27,32)(H2,25,34,35)(H2,26,28,29,33)/t20-,21+/m0/s1. The van der Waals surface area contributed by atoms with Gasteiger partial charge in [0.1, 0.15) is 0 Å². The molecule has 0 saturated heterocycles. The lowest BCUT2D eigenvalue weighted by molar-refractivity contribution is 0.0858. The highest BCUT2D eigenvalue weighted by atomic mass is 32.2. The molecule has 4 aromatic rings. The fraction of sp³-hybridized carbons (Fsp3) is 0.125. The summed E-state index contributed by atoms with van der Waals surface area (Å²) in [7, 11) is -3.85. The van der Waals surface area contributed by atoms with Gasteiger partial charge in [-0.25, -0.2) is 18.4 Å². The molecule has 6 N–H and O–H groups in total. The van der Waals surface area contributed by atoms with Gasteiger partial charge < -0.3 is 15.7 Å². The largest absolute Gasteiger partial charge is 0.390 e. The maximum absolute atomic E-state index is 12.8. The first kappa shape index (κ1) is 23.5. The number of aliphatic hydroxyl groups excluding tert-OH is 1. The Kier molecular flexibility index (Phi) is 5.92. The Balaban J connectivity index is 1.27. The van der Waals surface area contributed by atoms with Crippen molar-refractivity contribution >= 4 is 27.6 Å². The van der Waals surface area contributed by atoms with Crippen molar-refractivity contribution in [3.8, 4) is 5.69 Å². The summed E-state index contributed by atoms with van der Waals surface area (Å²) in [4.78, 5) is 27.6. The third kappa shape index (κ3) is 4.64. The fourth-order valence-electron chi connectivity index (χ4n) is 4.15. The smallest absolute Gasteiger partial charge is 0.349 e. The van der Waals surface area contributed by atoms with Crippen LogP contribution in [0.4, 0.5) is 11.6 Å². The van der Waals surface area contributed by atoms with Crippen LogP contribution in [0.3, 0.4) is 0 Å². The van der Waals surface area contributed by atoms with Gasteiger partial charge in [-0.15, -0.1) is 5.10 Å². The van der Waals surface area contributed by atoms with Gasteiger partial charge in [0.05, 0.1) is 22.7 Å². The van der Waals surface area contributed by atoms with E-state index >= 15 is 0 Å². The molecule has 0 radical (unpaired) electrons. The van der Waals surface area contributed by atoms with Crippen LogP contribution in [0.15, 0.2) is 82.5 Å². The Bertz CT molecular complexity index is 1590. The first-order valence-corrected chi connectivity index (χ1v) is 12.5. The molecule has 184 valence electrons. The van der Waals surface area contributed by atoms with Crippen LogP contribution in [0.5, 0.6) is 0 Å². The number of benzene rings is 3. The van der Waals surface area contributed by atoms with Crippen molar-refractivity contribution in [3.05, 3.63) is 100.0 Å². The van der Waals surface area contributed by atoms with Crippen molar-refractivity contribution in [1.82, 2.24) is 20.1 Å². The van der Waals surface area contributed by atoms with Crippen LogP contribution in [-0.2, 0) is 16.4 Å². The third-order valence-electron chi connectivity index (χ3n) is 5.93. The van der Waals surface area contributed by atoms with E-state index in [9.17, 15) is 23.1 Å². The van der Waals surface area contributed by atoms with Gasteiger partial charge in [-0.05, 0) is 59.7 Å². The Morgan fingerprint density at radius 1 is 1.06 bits per heavy atom. The summed E-state index contributed by atoms with van der Waals surface area (Å²) in [5.74, 6) is -0.165. The van der Waals surface area contributed by atoms with Gasteiger partial charge in [-0.2, -0.15) is 4.68 Å². The minimum absolute atomic E-state index is 0.0797. The van der Waals surface area contributed by atoms with Crippen LogP contribution in [-0.4, -0.2) is 40.3 Å². The number of rotatable bonds is 6. The van der Waals surface area contributed by atoms with E-state index in [1.54, 1.807) is 24.3 Å². The molecule has 11 nitrogen and oxygen atoms in total. The Labute approximate surface area is 205 Å². The van der Waals surface area contributed by atoms with Crippen LogP contribution in [0.25, 0.3) is 5.69 Å². The number of carbonyl (C=O) groups excluding carboxylic acids is 1. The van der Waals surface area contributed by atoms with E-state index in [4.69, 9.17) is 5.14 Å². The number of anilines is 2. The average molecular weight is 507 g/mol. The number of aromatic nitrogens is 3. The number of aromatic amines is 1. The van der Waals surface area contributed by atoms with Gasteiger partial charge in [0.2, 0.25) is 16.0 Å². The van der Waals surface area contributed by atoms with Gasteiger partial charge in [0.25, 0.3) is 5.91 Å². The van der Waals surface area contributed by atoms with Crippen LogP contribution in [0, 0.1) is 0 Å². The second kappa shape index (κ2) is 9.07. The maximum Gasteiger partial charge on any atom is 0.349 e. The highest BCUT2D eigenvalue weighted by Crippen LogP contribution is 2.31. The second-order valence-corrected chi connectivity index (χ2v) is 9.91. The lowest BCUT2D eigenvalue weighted by Crippen LogP contribution is -2.33. The molecule has 3 aromatic carbocycles. The first-order valence-electron chi connectivity index (χ1n) is 11.0. The molecule has 0 saturated carbocycles. The van der Waals surface area contributed by atoms with Crippen LogP contribution in [0.2, 0.25) is 0 Å². The van der Waals surface area contributed by atoms with E-state index in [1.807, 2.05) is 24.3 Å². The molecule has 0 fully saturated rings. The third-order valence-corrected chi connectivity index (χ3v) is 6.86. The summed E-state index contributed by atoms with van der Waals surface area (Å²) in [5.41, 5.74) is 2.72. The molecule has 5 rings (SSSR count). The van der Waals surface area contributed by atoms with Crippen molar-refractivity contribution in [2.45, 2.75) is 23.5 Å². The van der Waals surface area contributed by atoms with Crippen molar-refractivity contribution in [2.24, 2.45) is 5.14 Å². The minimum atomic E-state index is -3.85. The molecular formula is C24H22N6O5S. The number of amides is 1. The number of hydrogen-bond acceptors (Lipinski definition) is 7. The Morgan fingerprint density at radius 3 is 2.44 bits per heavy atom. The van der Waals surface area contributed by atoms with Gasteiger partial charge in [-0.1, -0.05) is 24.3 Å². The lowest BCUT2D eigenvalue weighted by Gasteiger charge is -2.18. The summed E-state index contributed by atoms with van der Waals surface area (Å²) in [5, 5.41) is 25.5. The van der Waals surface area contributed by atoms with Gasteiger partial charge >= 0.3 is 5.69 Å². The molecule has 36 heavy (non-hydrogen) atoms. The van der Waals surface area contributed by atoms with Crippen molar-refractivity contribution in [1.29, 1.82) is 0 Å². The summed E-state index contributed by atoms with van der Waals surface area (Å²) in [6.07, 6.45) is -0.194. The number of aliphatic hydroxyl groups is 1. The van der Waals surface area contributed by atoms with E-state index in [0.29, 0.717) is 23.4 Å². The highest BCUT2D eigenvalue weighted by molar-refractivity contribution is 7.89. The first-order chi connectivity index (χ1) is 17.2. The van der Waals surface area contributed by atoms with Gasteiger partial charge in [0, 0.05) is 17.7 Å². The normalized spacial score (nSPS) is 16.9. The second-order valence-electron chi connectivity index (χ2n) is 8.35. The van der Waals surface area contributed by atoms with E-state index in [-0.39, 0.29) is 16.8 Å². The zero-order valence-electron chi connectivity index (χ0n) is 18.8.